The van der Waals surface area contributed by atoms with Crippen LogP contribution in [0, 0.1) is 0 Å². The lowest BCUT2D eigenvalue weighted by Gasteiger charge is -2.37. The fourth-order valence-electron chi connectivity index (χ4n) is 2.60. The van der Waals surface area contributed by atoms with Gasteiger partial charge < -0.3 is 19.5 Å². The standard InChI is InChI=1S/C18H28N2O4/c1-3-4-13-23-18(22)20-11-9-19(10-12-20)15(2)14-24-17-7-5-16(21)6-8-17/h5-8,15,21H,3-4,9-14H2,1-2H3. The van der Waals surface area contributed by atoms with Crippen LogP contribution in [0.5, 0.6) is 11.5 Å². The molecule has 1 heterocycles. The van der Waals surface area contributed by atoms with Crippen molar-refractivity contribution in [2.24, 2.45) is 0 Å². The number of nitrogens with zero attached hydrogens (tertiary/aromatic N) is 2. The molecule has 24 heavy (non-hydrogen) atoms. The number of phenols is 1. The van der Waals surface area contributed by atoms with E-state index < -0.39 is 0 Å². The highest BCUT2D eigenvalue weighted by Crippen LogP contribution is 2.17. The molecule has 1 atom stereocenters. The number of amides is 1. The Labute approximate surface area is 144 Å². The van der Waals surface area contributed by atoms with E-state index in [1.807, 2.05) is 0 Å². The average molecular weight is 336 g/mol. The molecular weight excluding hydrogens is 308 g/mol. The molecule has 1 aromatic carbocycles. The van der Waals surface area contributed by atoms with Gasteiger partial charge in [-0.2, -0.15) is 0 Å². The predicted molar refractivity (Wildman–Crippen MR) is 92.5 cm³/mol. The van der Waals surface area contributed by atoms with Gasteiger partial charge in [0.2, 0.25) is 0 Å². The Kier molecular flexibility index (Phi) is 7.18. The summed E-state index contributed by atoms with van der Waals surface area (Å²) in [4.78, 5) is 16.0. The van der Waals surface area contributed by atoms with Gasteiger partial charge in [-0.25, -0.2) is 4.79 Å². The number of aromatic hydroxyl groups is 1. The van der Waals surface area contributed by atoms with E-state index in [-0.39, 0.29) is 17.9 Å². The third-order valence-corrected chi connectivity index (χ3v) is 4.25. The Morgan fingerprint density at radius 2 is 1.88 bits per heavy atom. The van der Waals surface area contributed by atoms with E-state index in [1.165, 1.54) is 0 Å². The molecule has 1 N–H and O–H groups in total. The zero-order valence-corrected chi connectivity index (χ0v) is 14.6. The molecule has 1 aliphatic rings. The first kappa shape index (κ1) is 18.4. The van der Waals surface area contributed by atoms with Crippen molar-refractivity contribution >= 4 is 6.09 Å². The molecule has 1 fully saturated rings. The van der Waals surface area contributed by atoms with E-state index >= 15 is 0 Å². The minimum absolute atomic E-state index is 0.198. The lowest BCUT2D eigenvalue weighted by molar-refractivity contribution is 0.0562. The van der Waals surface area contributed by atoms with Crippen molar-refractivity contribution in [3.05, 3.63) is 24.3 Å². The van der Waals surface area contributed by atoms with E-state index in [9.17, 15) is 9.90 Å². The summed E-state index contributed by atoms with van der Waals surface area (Å²) in [6.45, 7) is 8.30. The number of carbonyl (C=O) groups is 1. The van der Waals surface area contributed by atoms with E-state index in [0.29, 0.717) is 26.3 Å². The van der Waals surface area contributed by atoms with Crippen molar-refractivity contribution < 1.29 is 19.4 Å². The van der Waals surface area contributed by atoms with Gasteiger partial charge in [-0.3, -0.25) is 4.90 Å². The molecule has 2 rings (SSSR count). The van der Waals surface area contributed by atoms with Gasteiger partial charge in [0, 0.05) is 32.2 Å². The van der Waals surface area contributed by atoms with E-state index in [0.717, 1.165) is 31.7 Å². The quantitative estimate of drug-likeness (QED) is 0.776. The Morgan fingerprint density at radius 1 is 1.21 bits per heavy atom. The van der Waals surface area contributed by atoms with Crippen LogP contribution in [0.25, 0.3) is 0 Å². The molecule has 0 bridgehead atoms. The second kappa shape index (κ2) is 9.37. The number of carbonyl (C=O) groups excluding carboxylic acids is 1. The van der Waals surface area contributed by atoms with E-state index in [1.54, 1.807) is 29.2 Å². The highest BCUT2D eigenvalue weighted by molar-refractivity contribution is 5.67. The summed E-state index contributed by atoms with van der Waals surface area (Å²) in [5, 5.41) is 9.27. The fourth-order valence-corrected chi connectivity index (χ4v) is 2.60. The number of piperazine rings is 1. The molecule has 0 saturated carbocycles. The molecule has 6 nitrogen and oxygen atoms in total. The minimum atomic E-state index is -0.198. The third kappa shape index (κ3) is 5.60. The lowest BCUT2D eigenvalue weighted by Crippen LogP contribution is -2.52. The van der Waals surface area contributed by atoms with Crippen LogP contribution in [-0.4, -0.2) is 66.4 Å². The first-order chi connectivity index (χ1) is 11.6. The van der Waals surface area contributed by atoms with Crippen LogP contribution < -0.4 is 4.74 Å². The molecule has 1 aliphatic heterocycles. The van der Waals surface area contributed by atoms with Gasteiger partial charge >= 0.3 is 6.09 Å². The maximum atomic E-state index is 11.9. The summed E-state index contributed by atoms with van der Waals surface area (Å²) in [5.41, 5.74) is 0. The molecule has 134 valence electrons. The van der Waals surface area contributed by atoms with Crippen LogP contribution >= 0.6 is 0 Å². The molecule has 0 aromatic heterocycles. The normalized spacial score (nSPS) is 16.7. The Bertz CT molecular complexity index is 498. The van der Waals surface area contributed by atoms with Crippen LogP contribution in [0.3, 0.4) is 0 Å². The summed E-state index contributed by atoms with van der Waals surface area (Å²) in [6.07, 6.45) is 1.74. The molecule has 1 amide bonds. The van der Waals surface area contributed by atoms with Gasteiger partial charge in [-0.15, -0.1) is 0 Å². The first-order valence-corrected chi connectivity index (χ1v) is 8.67. The molecule has 0 spiro atoms. The van der Waals surface area contributed by atoms with Crippen LogP contribution in [0.4, 0.5) is 4.79 Å². The Hall–Kier alpha value is -1.95. The lowest BCUT2D eigenvalue weighted by atomic mass is 10.2. The van der Waals surface area contributed by atoms with Gasteiger partial charge in [0.25, 0.3) is 0 Å². The number of hydrogen-bond donors (Lipinski definition) is 1. The molecule has 1 aromatic rings. The van der Waals surface area contributed by atoms with Crippen molar-refractivity contribution in [1.82, 2.24) is 9.80 Å². The SMILES string of the molecule is CCCCOC(=O)N1CCN(C(C)COc2ccc(O)cc2)CC1. The Balaban J connectivity index is 1.69. The summed E-state index contributed by atoms with van der Waals surface area (Å²) in [5.74, 6) is 0.982. The van der Waals surface area contributed by atoms with Crippen molar-refractivity contribution in [3.8, 4) is 11.5 Å². The third-order valence-electron chi connectivity index (χ3n) is 4.25. The van der Waals surface area contributed by atoms with Crippen molar-refractivity contribution in [2.45, 2.75) is 32.7 Å². The van der Waals surface area contributed by atoms with E-state index in [4.69, 9.17) is 9.47 Å². The maximum absolute atomic E-state index is 11.9. The molecule has 6 heteroatoms. The van der Waals surface area contributed by atoms with Gasteiger partial charge in [0.05, 0.1) is 6.61 Å². The average Bonchev–Trinajstić information content (AvgIpc) is 2.61. The summed E-state index contributed by atoms with van der Waals surface area (Å²) >= 11 is 0. The summed E-state index contributed by atoms with van der Waals surface area (Å²) in [6, 6.07) is 7.00. The summed E-state index contributed by atoms with van der Waals surface area (Å²) in [7, 11) is 0. The van der Waals surface area contributed by atoms with Crippen molar-refractivity contribution in [3.63, 3.8) is 0 Å². The smallest absolute Gasteiger partial charge is 0.409 e. The second-order valence-electron chi connectivity index (χ2n) is 6.14. The second-order valence-corrected chi connectivity index (χ2v) is 6.14. The molecule has 0 radical (unpaired) electrons. The molecule has 1 unspecified atom stereocenters. The zero-order valence-electron chi connectivity index (χ0n) is 14.6. The van der Waals surface area contributed by atoms with Gasteiger partial charge in [-0.1, -0.05) is 13.3 Å². The molecular formula is C18H28N2O4. The van der Waals surface area contributed by atoms with Crippen molar-refractivity contribution in [1.29, 1.82) is 0 Å². The maximum Gasteiger partial charge on any atom is 0.409 e. The number of hydrogen-bond acceptors (Lipinski definition) is 5. The van der Waals surface area contributed by atoms with Gasteiger partial charge in [-0.05, 0) is 37.6 Å². The largest absolute Gasteiger partial charge is 0.508 e. The number of unbranched alkanes of at least 4 members (excludes halogenated alkanes) is 1. The number of ether oxygens (including phenoxy) is 2. The van der Waals surface area contributed by atoms with E-state index in [2.05, 4.69) is 18.7 Å². The predicted octanol–water partition coefficient (Wildman–Crippen LogP) is 2.71. The molecule has 0 aliphatic carbocycles. The highest BCUT2D eigenvalue weighted by atomic mass is 16.6. The van der Waals surface area contributed by atoms with Crippen LogP contribution in [0.2, 0.25) is 0 Å². The van der Waals surface area contributed by atoms with Crippen LogP contribution in [0.1, 0.15) is 26.7 Å². The highest BCUT2D eigenvalue weighted by Gasteiger charge is 2.25. The fraction of sp³-hybridized carbons (Fsp3) is 0.611. The number of rotatable bonds is 7. The van der Waals surface area contributed by atoms with Crippen LogP contribution in [-0.2, 0) is 4.74 Å². The topological polar surface area (TPSA) is 62.2 Å². The number of phenolic OH excluding ortho intramolecular Hbond substituents is 1. The van der Waals surface area contributed by atoms with Crippen molar-refractivity contribution in [2.75, 3.05) is 39.4 Å². The number of benzene rings is 1. The zero-order chi connectivity index (χ0) is 17.4. The first-order valence-electron chi connectivity index (χ1n) is 8.67. The monoisotopic (exact) mass is 336 g/mol. The summed E-state index contributed by atoms with van der Waals surface area (Å²) < 4.78 is 11.0. The van der Waals surface area contributed by atoms with Gasteiger partial charge in [0.15, 0.2) is 0 Å². The minimum Gasteiger partial charge on any atom is -0.508 e. The Morgan fingerprint density at radius 3 is 2.50 bits per heavy atom. The molecule has 1 saturated heterocycles. The van der Waals surface area contributed by atoms with Crippen LogP contribution in [0.15, 0.2) is 24.3 Å². The van der Waals surface area contributed by atoms with Gasteiger partial charge in [0.1, 0.15) is 18.1 Å².